The van der Waals surface area contributed by atoms with E-state index in [0.29, 0.717) is 17.2 Å². The van der Waals surface area contributed by atoms with Gasteiger partial charge in [0, 0.05) is 17.8 Å². The van der Waals surface area contributed by atoms with Gasteiger partial charge in [0.2, 0.25) is 0 Å². The van der Waals surface area contributed by atoms with Crippen LogP contribution in [0.4, 0.5) is 19.0 Å². The van der Waals surface area contributed by atoms with E-state index in [-0.39, 0.29) is 11.1 Å². The zero-order valence-electron chi connectivity index (χ0n) is 13.2. The van der Waals surface area contributed by atoms with E-state index in [1.165, 1.54) is 29.0 Å². The number of alkyl halides is 3. The second-order valence-corrected chi connectivity index (χ2v) is 5.77. The highest BCUT2D eigenvalue weighted by atomic mass is 35.5. The third-order valence-electron chi connectivity index (χ3n) is 3.43. The average Bonchev–Trinajstić information content (AvgIpc) is 2.96. The van der Waals surface area contributed by atoms with Crippen molar-refractivity contribution in [2.75, 3.05) is 5.32 Å². The number of nitrogens with one attached hydrogen (secondary N) is 1. The van der Waals surface area contributed by atoms with E-state index >= 15 is 0 Å². The number of anilines is 1. The normalized spacial score (nSPS) is 13.0. The maximum atomic E-state index is 12.3. The summed E-state index contributed by atoms with van der Waals surface area (Å²) in [5.41, 5.74) is 1.43. The number of ether oxygens (including phenoxy) is 1. The third kappa shape index (κ3) is 3.93. The molecule has 1 N–H and O–H groups in total. The molecule has 25 heavy (non-hydrogen) atoms. The highest BCUT2D eigenvalue weighted by Crippen LogP contribution is 2.32. The van der Waals surface area contributed by atoms with Gasteiger partial charge in [0.05, 0.1) is 5.02 Å². The molecule has 0 bridgehead atoms. The molecule has 3 aromatic rings. The van der Waals surface area contributed by atoms with Crippen molar-refractivity contribution in [2.45, 2.75) is 26.3 Å². The van der Waals surface area contributed by atoms with Gasteiger partial charge in [0.25, 0.3) is 5.78 Å². The van der Waals surface area contributed by atoms with Crippen LogP contribution < -0.4 is 10.1 Å². The molecule has 2 aromatic heterocycles. The van der Waals surface area contributed by atoms with E-state index in [4.69, 9.17) is 11.6 Å². The van der Waals surface area contributed by atoms with Crippen molar-refractivity contribution in [1.29, 1.82) is 0 Å². The van der Waals surface area contributed by atoms with Gasteiger partial charge < -0.3 is 10.1 Å². The van der Waals surface area contributed by atoms with Gasteiger partial charge in [0.15, 0.2) is 0 Å². The quantitative estimate of drug-likeness (QED) is 0.746. The summed E-state index contributed by atoms with van der Waals surface area (Å²) in [6, 6.07) is 5.66. The second-order valence-electron chi connectivity index (χ2n) is 5.36. The van der Waals surface area contributed by atoms with Crippen LogP contribution in [0.2, 0.25) is 5.02 Å². The lowest BCUT2D eigenvalue weighted by molar-refractivity contribution is -0.274. The van der Waals surface area contributed by atoms with Crippen LogP contribution in [0.3, 0.4) is 0 Å². The van der Waals surface area contributed by atoms with Gasteiger partial charge in [-0.25, -0.2) is 4.98 Å². The Morgan fingerprint density at radius 2 is 2.04 bits per heavy atom. The molecule has 10 heteroatoms. The van der Waals surface area contributed by atoms with E-state index in [9.17, 15) is 13.2 Å². The molecule has 6 nitrogen and oxygen atoms in total. The summed E-state index contributed by atoms with van der Waals surface area (Å²) in [5.74, 6) is 0.657. The van der Waals surface area contributed by atoms with Crippen molar-refractivity contribution < 1.29 is 17.9 Å². The molecule has 0 aliphatic carbocycles. The fraction of sp³-hybridized carbons (Fsp3) is 0.267. The van der Waals surface area contributed by atoms with Crippen molar-refractivity contribution >= 4 is 23.2 Å². The van der Waals surface area contributed by atoms with Crippen LogP contribution >= 0.6 is 11.6 Å². The summed E-state index contributed by atoms with van der Waals surface area (Å²) in [6.45, 7) is 3.67. The number of aryl methyl sites for hydroxylation is 1. The molecule has 1 unspecified atom stereocenters. The van der Waals surface area contributed by atoms with Crippen molar-refractivity contribution in [2.24, 2.45) is 0 Å². The molecule has 0 saturated carbocycles. The topological polar surface area (TPSA) is 64.3 Å². The summed E-state index contributed by atoms with van der Waals surface area (Å²) in [5, 5.41) is 7.19. The summed E-state index contributed by atoms with van der Waals surface area (Å²) >= 11 is 5.90. The highest BCUT2D eigenvalue weighted by Gasteiger charge is 2.32. The summed E-state index contributed by atoms with van der Waals surface area (Å²) in [4.78, 5) is 8.28. The fourth-order valence-corrected chi connectivity index (χ4v) is 2.56. The van der Waals surface area contributed by atoms with E-state index in [1.54, 1.807) is 6.07 Å². The van der Waals surface area contributed by atoms with E-state index in [0.717, 1.165) is 5.69 Å². The number of nitrogens with zero attached hydrogens (tertiary/aromatic N) is 4. The molecule has 132 valence electrons. The van der Waals surface area contributed by atoms with Gasteiger partial charge in [0.1, 0.15) is 17.9 Å². The largest absolute Gasteiger partial charge is 0.573 e. The van der Waals surface area contributed by atoms with E-state index in [1.807, 2.05) is 13.8 Å². The van der Waals surface area contributed by atoms with Gasteiger partial charge in [-0.2, -0.15) is 14.6 Å². The first-order valence-electron chi connectivity index (χ1n) is 7.22. The van der Waals surface area contributed by atoms with Crippen molar-refractivity contribution in [3.8, 4) is 5.75 Å². The minimum absolute atomic E-state index is 0.125. The number of benzene rings is 1. The Morgan fingerprint density at radius 3 is 2.72 bits per heavy atom. The molecule has 1 atom stereocenters. The van der Waals surface area contributed by atoms with Gasteiger partial charge in [-0.05, 0) is 31.5 Å². The van der Waals surface area contributed by atoms with Crippen molar-refractivity contribution in [1.82, 2.24) is 19.6 Å². The summed E-state index contributed by atoms with van der Waals surface area (Å²) in [6.07, 6.45) is -3.40. The minimum Gasteiger partial charge on any atom is -0.404 e. The standard InChI is InChI=1S/C15H13ClF3N5O/c1-8-5-13(24-14(22-8)20-7-21-24)23-9(2)10-3-4-12(11(16)6-10)25-15(17,18)19/h3-7,9,23H,1-2H3. The molecule has 2 heterocycles. The monoisotopic (exact) mass is 371 g/mol. The zero-order chi connectivity index (χ0) is 18.2. The van der Waals surface area contributed by atoms with Gasteiger partial charge in [-0.15, -0.1) is 13.2 Å². The average molecular weight is 372 g/mol. The predicted molar refractivity (Wildman–Crippen MR) is 85.7 cm³/mol. The van der Waals surface area contributed by atoms with Crippen LogP contribution in [0.5, 0.6) is 5.75 Å². The number of hydrogen-bond acceptors (Lipinski definition) is 5. The summed E-state index contributed by atoms with van der Waals surface area (Å²) in [7, 11) is 0. The predicted octanol–water partition coefficient (Wildman–Crippen LogP) is 4.16. The lowest BCUT2D eigenvalue weighted by atomic mass is 10.1. The maximum absolute atomic E-state index is 12.3. The van der Waals surface area contributed by atoms with Gasteiger partial charge in [-0.3, -0.25) is 0 Å². The Hall–Kier alpha value is -2.55. The Kier molecular flexibility index (Phi) is 4.42. The highest BCUT2D eigenvalue weighted by molar-refractivity contribution is 6.32. The maximum Gasteiger partial charge on any atom is 0.573 e. The van der Waals surface area contributed by atoms with Crippen LogP contribution in [-0.4, -0.2) is 25.9 Å². The smallest absolute Gasteiger partial charge is 0.404 e. The Morgan fingerprint density at radius 1 is 1.28 bits per heavy atom. The molecule has 1 aromatic carbocycles. The number of hydrogen-bond donors (Lipinski definition) is 1. The molecule has 0 aliphatic rings. The number of aromatic nitrogens is 4. The second kappa shape index (κ2) is 6.40. The fourth-order valence-electron chi connectivity index (χ4n) is 2.33. The molecule has 0 fully saturated rings. The van der Waals surface area contributed by atoms with Crippen LogP contribution in [-0.2, 0) is 0 Å². The van der Waals surface area contributed by atoms with Crippen LogP contribution in [0.1, 0.15) is 24.2 Å². The number of rotatable bonds is 4. The molecular weight excluding hydrogens is 359 g/mol. The molecule has 0 spiro atoms. The van der Waals surface area contributed by atoms with Crippen molar-refractivity contribution in [3.63, 3.8) is 0 Å². The molecule has 0 radical (unpaired) electrons. The van der Waals surface area contributed by atoms with Gasteiger partial charge in [-0.1, -0.05) is 17.7 Å². The van der Waals surface area contributed by atoms with Crippen LogP contribution in [0.15, 0.2) is 30.6 Å². The molecule has 0 amide bonds. The van der Waals surface area contributed by atoms with Gasteiger partial charge >= 0.3 is 6.36 Å². The summed E-state index contributed by atoms with van der Waals surface area (Å²) < 4.78 is 42.3. The molecule has 0 aliphatic heterocycles. The molecule has 0 saturated heterocycles. The molecular formula is C15H13ClF3N5O. The SMILES string of the molecule is Cc1cc(NC(C)c2ccc(OC(F)(F)F)c(Cl)c2)n2ncnc2n1. The zero-order valence-corrected chi connectivity index (χ0v) is 13.9. The first kappa shape index (κ1) is 17.3. The van der Waals surface area contributed by atoms with E-state index < -0.39 is 12.1 Å². The minimum atomic E-state index is -4.79. The Labute approximate surface area is 145 Å². The third-order valence-corrected chi connectivity index (χ3v) is 3.72. The first-order chi connectivity index (χ1) is 11.7. The Balaban J connectivity index is 1.84. The lowest BCUT2D eigenvalue weighted by Crippen LogP contribution is -2.17. The number of fused-ring (bicyclic) bond motifs is 1. The van der Waals surface area contributed by atoms with Crippen LogP contribution in [0, 0.1) is 6.92 Å². The first-order valence-corrected chi connectivity index (χ1v) is 7.60. The van der Waals surface area contributed by atoms with E-state index in [2.05, 4.69) is 25.1 Å². The van der Waals surface area contributed by atoms with Crippen molar-refractivity contribution in [3.05, 3.63) is 46.9 Å². The number of halogens is 4. The molecule has 3 rings (SSSR count). The lowest BCUT2D eigenvalue weighted by Gasteiger charge is -2.18. The Bertz CT molecular complexity index is 912. The van der Waals surface area contributed by atoms with Crippen LogP contribution in [0.25, 0.3) is 5.78 Å².